The average Bonchev–Trinajstić information content (AvgIpc) is 2.45. The molecule has 21 heavy (non-hydrogen) atoms. The molecule has 0 aliphatic rings. The number of aromatic nitrogens is 2. The molecule has 1 unspecified atom stereocenters. The Morgan fingerprint density at radius 1 is 1.29 bits per heavy atom. The van der Waals surface area contributed by atoms with E-state index in [0.717, 1.165) is 17.7 Å². The minimum atomic E-state index is -0.945. The first-order valence-electron chi connectivity index (χ1n) is 6.81. The molecular weight excluding hydrogens is 271 g/mol. The lowest BCUT2D eigenvalue weighted by Crippen LogP contribution is -2.17. The third kappa shape index (κ3) is 3.84. The van der Waals surface area contributed by atoms with Gasteiger partial charge in [-0.15, -0.1) is 0 Å². The van der Waals surface area contributed by atoms with Crippen LogP contribution in [0.3, 0.4) is 0 Å². The SMILES string of the molecule is CCc1cc(C(Cc2ccc(F)cc2)C(=O)O)nc(C)n1. The summed E-state index contributed by atoms with van der Waals surface area (Å²) in [6, 6.07) is 7.59. The van der Waals surface area contributed by atoms with Crippen molar-refractivity contribution in [3.63, 3.8) is 0 Å². The zero-order valence-electron chi connectivity index (χ0n) is 12.0. The second-order valence-corrected chi connectivity index (χ2v) is 4.91. The lowest BCUT2D eigenvalue weighted by atomic mass is 9.95. The Balaban J connectivity index is 2.32. The highest BCUT2D eigenvalue weighted by atomic mass is 19.1. The van der Waals surface area contributed by atoms with Gasteiger partial charge in [0.05, 0.1) is 5.69 Å². The first-order valence-corrected chi connectivity index (χ1v) is 6.81. The first kappa shape index (κ1) is 15.1. The van der Waals surface area contributed by atoms with Crippen molar-refractivity contribution in [3.8, 4) is 0 Å². The Kier molecular flexibility index (Phi) is 4.62. The first-order chi connectivity index (χ1) is 9.99. The van der Waals surface area contributed by atoms with Crippen LogP contribution < -0.4 is 0 Å². The van der Waals surface area contributed by atoms with Gasteiger partial charge >= 0.3 is 5.97 Å². The second kappa shape index (κ2) is 6.43. The minimum Gasteiger partial charge on any atom is -0.481 e. The Morgan fingerprint density at radius 3 is 2.52 bits per heavy atom. The molecule has 4 nitrogen and oxygen atoms in total. The molecule has 0 amide bonds. The summed E-state index contributed by atoms with van der Waals surface area (Å²) in [4.78, 5) is 20.1. The lowest BCUT2D eigenvalue weighted by molar-refractivity contribution is -0.138. The third-order valence-corrected chi connectivity index (χ3v) is 3.28. The highest BCUT2D eigenvalue weighted by molar-refractivity contribution is 5.75. The molecule has 0 saturated carbocycles. The van der Waals surface area contributed by atoms with Crippen molar-refractivity contribution in [2.24, 2.45) is 0 Å². The summed E-state index contributed by atoms with van der Waals surface area (Å²) in [7, 11) is 0. The molecule has 0 radical (unpaired) electrons. The van der Waals surface area contributed by atoms with E-state index >= 15 is 0 Å². The van der Waals surface area contributed by atoms with Gasteiger partial charge in [-0.05, 0) is 43.5 Å². The topological polar surface area (TPSA) is 63.1 Å². The summed E-state index contributed by atoms with van der Waals surface area (Å²) in [6.45, 7) is 3.71. The smallest absolute Gasteiger partial charge is 0.312 e. The summed E-state index contributed by atoms with van der Waals surface area (Å²) in [5, 5.41) is 9.46. The molecule has 1 atom stereocenters. The Labute approximate surface area is 122 Å². The van der Waals surface area contributed by atoms with E-state index in [1.165, 1.54) is 12.1 Å². The van der Waals surface area contributed by atoms with Crippen LogP contribution in [0.15, 0.2) is 30.3 Å². The molecule has 0 fully saturated rings. The van der Waals surface area contributed by atoms with Gasteiger partial charge < -0.3 is 5.11 Å². The van der Waals surface area contributed by atoms with E-state index < -0.39 is 11.9 Å². The second-order valence-electron chi connectivity index (χ2n) is 4.91. The fourth-order valence-electron chi connectivity index (χ4n) is 2.19. The van der Waals surface area contributed by atoms with Gasteiger partial charge in [0.25, 0.3) is 0 Å². The molecule has 0 bridgehead atoms. The number of rotatable bonds is 5. The molecule has 110 valence electrons. The number of carboxylic acids is 1. The summed E-state index contributed by atoms with van der Waals surface area (Å²) in [5.74, 6) is -1.48. The largest absolute Gasteiger partial charge is 0.481 e. The zero-order chi connectivity index (χ0) is 15.4. The molecular formula is C16H17FN2O2. The predicted molar refractivity (Wildman–Crippen MR) is 76.6 cm³/mol. The van der Waals surface area contributed by atoms with E-state index in [4.69, 9.17) is 0 Å². The molecule has 1 aromatic heterocycles. The number of hydrogen-bond acceptors (Lipinski definition) is 3. The van der Waals surface area contributed by atoms with Gasteiger partial charge in [0.2, 0.25) is 0 Å². The molecule has 0 saturated heterocycles. The van der Waals surface area contributed by atoms with Crippen molar-refractivity contribution < 1.29 is 14.3 Å². The van der Waals surface area contributed by atoms with Crippen LogP contribution in [0.25, 0.3) is 0 Å². The molecule has 5 heteroatoms. The third-order valence-electron chi connectivity index (χ3n) is 3.28. The van der Waals surface area contributed by atoms with Crippen LogP contribution in [0.2, 0.25) is 0 Å². The quantitative estimate of drug-likeness (QED) is 0.919. The maximum atomic E-state index is 12.9. The molecule has 2 rings (SSSR count). The van der Waals surface area contributed by atoms with Crippen LogP contribution in [0, 0.1) is 12.7 Å². The van der Waals surface area contributed by atoms with Crippen LogP contribution in [0.1, 0.15) is 35.6 Å². The van der Waals surface area contributed by atoms with Crippen LogP contribution >= 0.6 is 0 Å². The number of hydrogen-bond donors (Lipinski definition) is 1. The van der Waals surface area contributed by atoms with Crippen molar-refractivity contribution in [2.75, 3.05) is 0 Å². The Morgan fingerprint density at radius 2 is 1.95 bits per heavy atom. The maximum absolute atomic E-state index is 12.9. The van der Waals surface area contributed by atoms with Crippen LogP contribution in [-0.2, 0) is 17.6 Å². The monoisotopic (exact) mass is 288 g/mol. The number of benzene rings is 1. The summed E-state index contributed by atoms with van der Waals surface area (Å²) >= 11 is 0. The standard InChI is InChI=1S/C16H17FN2O2/c1-3-13-9-15(19-10(2)18-13)14(16(20)21)8-11-4-6-12(17)7-5-11/h4-7,9,14H,3,8H2,1-2H3,(H,20,21). The van der Waals surface area contributed by atoms with Gasteiger partial charge in [0, 0.05) is 5.69 Å². The van der Waals surface area contributed by atoms with Gasteiger partial charge in [0.15, 0.2) is 0 Å². The maximum Gasteiger partial charge on any atom is 0.312 e. The van der Waals surface area contributed by atoms with Crippen LogP contribution in [0.4, 0.5) is 4.39 Å². The van der Waals surface area contributed by atoms with Gasteiger partial charge in [-0.25, -0.2) is 14.4 Å². The van der Waals surface area contributed by atoms with Crippen molar-refractivity contribution in [2.45, 2.75) is 32.6 Å². The molecule has 1 N–H and O–H groups in total. The van der Waals surface area contributed by atoms with Crippen molar-refractivity contribution in [3.05, 3.63) is 58.9 Å². The number of aryl methyl sites for hydroxylation is 2. The van der Waals surface area contributed by atoms with E-state index in [1.54, 1.807) is 25.1 Å². The Hall–Kier alpha value is -2.30. The molecule has 0 aliphatic carbocycles. The van der Waals surface area contributed by atoms with E-state index in [0.29, 0.717) is 11.5 Å². The number of carbonyl (C=O) groups is 1. The number of aliphatic carboxylic acids is 1. The number of halogens is 1. The zero-order valence-corrected chi connectivity index (χ0v) is 12.0. The summed E-state index contributed by atoms with van der Waals surface area (Å²) in [6.07, 6.45) is 0.995. The average molecular weight is 288 g/mol. The van der Waals surface area contributed by atoms with Crippen molar-refractivity contribution >= 4 is 5.97 Å². The summed E-state index contributed by atoms with van der Waals surface area (Å²) < 4.78 is 12.9. The van der Waals surface area contributed by atoms with Crippen molar-refractivity contribution in [1.82, 2.24) is 9.97 Å². The highest BCUT2D eigenvalue weighted by Crippen LogP contribution is 2.21. The molecule has 1 heterocycles. The predicted octanol–water partition coefficient (Wildman–Crippen LogP) is 2.90. The minimum absolute atomic E-state index is 0.273. The van der Waals surface area contributed by atoms with Gasteiger partial charge in [-0.1, -0.05) is 19.1 Å². The van der Waals surface area contributed by atoms with E-state index in [-0.39, 0.29) is 12.2 Å². The number of carboxylic acid groups (broad SMARTS) is 1. The summed E-state index contributed by atoms with van der Waals surface area (Å²) in [5.41, 5.74) is 2.08. The molecule has 0 aliphatic heterocycles. The molecule has 1 aromatic carbocycles. The lowest BCUT2D eigenvalue weighted by Gasteiger charge is -2.13. The van der Waals surface area contributed by atoms with Gasteiger partial charge in [-0.3, -0.25) is 4.79 Å². The van der Waals surface area contributed by atoms with Crippen LogP contribution in [-0.4, -0.2) is 21.0 Å². The Bertz CT molecular complexity index is 641. The van der Waals surface area contributed by atoms with Gasteiger partial charge in [0.1, 0.15) is 17.6 Å². The van der Waals surface area contributed by atoms with E-state index in [9.17, 15) is 14.3 Å². The fourth-order valence-corrected chi connectivity index (χ4v) is 2.19. The van der Waals surface area contributed by atoms with E-state index in [1.807, 2.05) is 6.92 Å². The number of nitrogens with zero attached hydrogens (tertiary/aromatic N) is 2. The van der Waals surface area contributed by atoms with E-state index in [2.05, 4.69) is 9.97 Å². The van der Waals surface area contributed by atoms with Gasteiger partial charge in [-0.2, -0.15) is 0 Å². The van der Waals surface area contributed by atoms with Crippen molar-refractivity contribution in [1.29, 1.82) is 0 Å². The highest BCUT2D eigenvalue weighted by Gasteiger charge is 2.23. The molecule has 2 aromatic rings. The normalized spacial score (nSPS) is 12.1. The molecule has 0 spiro atoms. The van der Waals surface area contributed by atoms with Crippen LogP contribution in [0.5, 0.6) is 0 Å². The fraction of sp³-hybridized carbons (Fsp3) is 0.312.